The minimum Gasteiger partial charge on any atom is -0.507 e. The average molecular weight is 416 g/mol. The number of anilines is 1. The zero-order valence-corrected chi connectivity index (χ0v) is 17.1. The highest BCUT2D eigenvalue weighted by Crippen LogP contribution is 2.60. The Bertz CT molecular complexity index is 900. The standard InChI is InChI=1S/C23H23Cl2NO2/c24-18-2-1-3-19(25)21(18)26-22(28)17-9-16(4-5-20(17)27)23-10-13-6-14(11-23)8-15(7-13)12-23/h1-5,9,13-15,27H,6-8,10-12H2,(H,26,28). The SMILES string of the molecule is O=C(Nc1c(Cl)cccc1Cl)c1cc(C23CC4CC(CC(C4)C2)C3)ccc1O. The Balaban J connectivity index is 1.48. The lowest BCUT2D eigenvalue weighted by molar-refractivity contribution is -0.00521. The number of aromatic hydroxyl groups is 1. The van der Waals surface area contributed by atoms with Gasteiger partial charge < -0.3 is 10.4 Å². The molecule has 0 aliphatic heterocycles. The first-order valence-electron chi connectivity index (χ1n) is 10.0. The van der Waals surface area contributed by atoms with Crippen LogP contribution in [0.15, 0.2) is 36.4 Å². The van der Waals surface area contributed by atoms with Crippen molar-refractivity contribution in [2.45, 2.75) is 43.9 Å². The molecule has 5 heteroatoms. The first-order chi connectivity index (χ1) is 13.4. The van der Waals surface area contributed by atoms with Crippen LogP contribution in [0.25, 0.3) is 0 Å². The molecule has 3 nitrogen and oxygen atoms in total. The van der Waals surface area contributed by atoms with E-state index in [4.69, 9.17) is 23.2 Å². The molecule has 0 spiro atoms. The zero-order valence-electron chi connectivity index (χ0n) is 15.6. The zero-order chi connectivity index (χ0) is 19.5. The van der Waals surface area contributed by atoms with Crippen LogP contribution in [0, 0.1) is 17.8 Å². The summed E-state index contributed by atoms with van der Waals surface area (Å²) in [6.07, 6.45) is 7.74. The highest BCUT2D eigenvalue weighted by molar-refractivity contribution is 6.40. The van der Waals surface area contributed by atoms with E-state index in [1.165, 1.54) is 44.1 Å². The molecule has 4 saturated carbocycles. The molecule has 4 aliphatic carbocycles. The first-order valence-corrected chi connectivity index (χ1v) is 10.8. The second-order valence-corrected chi connectivity index (χ2v) is 9.79. The van der Waals surface area contributed by atoms with Gasteiger partial charge in [-0.2, -0.15) is 0 Å². The summed E-state index contributed by atoms with van der Waals surface area (Å²) >= 11 is 12.4. The van der Waals surface area contributed by atoms with Gasteiger partial charge in [0.05, 0.1) is 21.3 Å². The van der Waals surface area contributed by atoms with Crippen molar-refractivity contribution in [3.8, 4) is 5.75 Å². The highest BCUT2D eigenvalue weighted by Gasteiger charge is 2.51. The van der Waals surface area contributed by atoms with Crippen molar-refractivity contribution in [3.63, 3.8) is 0 Å². The topological polar surface area (TPSA) is 49.3 Å². The number of hydrogen-bond donors (Lipinski definition) is 2. The number of amides is 1. The molecule has 4 aliphatic rings. The molecule has 0 saturated heterocycles. The quantitative estimate of drug-likeness (QED) is 0.607. The molecule has 0 unspecified atom stereocenters. The number of nitrogens with one attached hydrogen (secondary N) is 1. The van der Waals surface area contributed by atoms with Crippen molar-refractivity contribution >= 4 is 34.8 Å². The summed E-state index contributed by atoms with van der Waals surface area (Å²) in [7, 11) is 0. The molecule has 4 bridgehead atoms. The van der Waals surface area contributed by atoms with Crippen LogP contribution in [0.4, 0.5) is 5.69 Å². The Hall–Kier alpha value is -1.71. The number of benzene rings is 2. The fraction of sp³-hybridized carbons (Fsp3) is 0.435. The Morgan fingerprint density at radius 3 is 2.11 bits per heavy atom. The summed E-state index contributed by atoms with van der Waals surface area (Å²) in [6, 6.07) is 10.6. The van der Waals surface area contributed by atoms with Gasteiger partial charge in [0, 0.05) is 0 Å². The molecule has 0 aromatic heterocycles. The molecule has 146 valence electrons. The van der Waals surface area contributed by atoms with Crippen LogP contribution in [0.3, 0.4) is 0 Å². The van der Waals surface area contributed by atoms with E-state index >= 15 is 0 Å². The van der Waals surface area contributed by atoms with Gasteiger partial charge in [-0.1, -0.05) is 35.3 Å². The number of para-hydroxylation sites is 1. The van der Waals surface area contributed by atoms with Crippen LogP contribution in [-0.2, 0) is 5.41 Å². The first kappa shape index (κ1) is 18.3. The van der Waals surface area contributed by atoms with E-state index in [0.29, 0.717) is 15.7 Å². The summed E-state index contributed by atoms with van der Waals surface area (Å²) < 4.78 is 0. The van der Waals surface area contributed by atoms with Crippen molar-refractivity contribution in [2.75, 3.05) is 5.32 Å². The van der Waals surface area contributed by atoms with Gasteiger partial charge in [0.25, 0.3) is 5.91 Å². The van der Waals surface area contributed by atoms with Crippen LogP contribution >= 0.6 is 23.2 Å². The van der Waals surface area contributed by atoms with E-state index in [1.54, 1.807) is 24.3 Å². The minimum atomic E-state index is -0.390. The summed E-state index contributed by atoms with van der Waals surface area (Å²) in [5, 5.41) is 13.9. The smallest absolute Gasteiger partial charge is 0.259 e. The number of carbonyl (C=O) groups is 1. The normalized spacial score (nSPS) is 30.4. The van der Waals surface area contributed by atoms with E-state index in [-0.39, 0.29) is 22.6 Å². The maximum Gasteiger partial charge on any atom is 0.259 e. The van der Waals surface area contributed by atoms with Gasteiger partial charge in [0.1, 0.15) is 5.75 Å². The lowest BCUT2D eigenvalue weighted by Gasteiger charge is -2.57. The second kappa shape index (κ2) is 6.67. The lowest BCUT2D eigenvalue weighted by Crippen LogP contribution is -2.48. The van der Waals surface area contributed by atoms with Crippen molar-refractivity contribution < 1.29 is 9.90 Å². The summed E-state index contributed by atoms with van der Waals surface area (Å²) in [5.41, 5.74) is 2.01. The maximum absolute atomic E-state index is 12.9. The predicted octanol–water partition coefficient (Wildman–Crippen LogP) is 6.42. The van der Waals surface area contributed by atoms with Crippen LogP contribution in [-0.4, -0.2) is 11.0 Å². The van der Waals surface area contributed by atoms with Crippen molar-refractivity contribution in [1.29, 1.82) is 0 Å². The number of halogens is 2. The van der Waals surface area contributed by atoms with Gasteiger partial charge in [-0.25, -0.2) is 0 Å². The van der Waals surface area contributed by atoms with Crippen LogP contribution in [0.1, 0.15) is 54.4 Å². The fourth-order valence-corrected chi connectivity index (χ4v) is 6.80. The van der Waals surface area contributed by atoms with E-state index in [1.807, 2.05) is 12.1 Å². The number of carbonyl (C=O) groups excluding carboxylic acids is 1. The molecule has 0 atom stereocenters. The molecular formula is C23H23Cl2NO2. The number of hydrogen-bond acceptors (Lipinski definition) is 2. The van der Waals surface area contributed by atoms with Crippen LogP contribution in [0.2, 0.25) is 10.0 Å². The van der Waals surface area contributed by atoms with Crippen molar-refractivity contribution in [3.05, 3.63) is 57.6 Å². The third kappa shape index (κ3) is 3.00. The molecular weight excluding hydrogens is 393 g/mol. The molecule has 6 rings (SSSR count). The van der Waals surface area contributed by atoms with E-state index in [9.17, 15) is 9.90 Å². The summed E-state index contributed by atoms with van der Waals surface area (Å²) in [4.78, 5) is 12.9. The molecule has 4 fully saturated rings. The number of phenols is 1. The molecule has 28 heavy (non-hydrogen) atoms. The average Bonchev–Trinajstić information content (AvgIpc) is 2.64. The Morgan fingerprint density at radius 2 is 1.54 bits per heavy atom. The van der Waals surface area contributed by atoms with Gasteiger partial charge >= 0.3 is 0 Å². The highest BCUT2D eigenvalue weighted by atomic mass is 35.5. The van der Waals surface area contributed by atoms with Gasteiger partial charge in [-0.3, -0.25) is 4.79 Å². The van der Waals surface area contributed by atoms with Gasteiger partial charge in [0.15, 0.2) is 0 Å². The van der Waals surface area contributed by atoms with E-state index < -0.39 is 0 Å². The van der Waals surface area contributed by atoms with Gasteiger partial charge in [0.2, 0.25) is 0 Å². The number of rotatable bonds is 3. The minimum absolute atomic E-state index is 0.0193. The van der Waals surface area contributed by atoms with Crippen molar-refractivity contribution in [2.24, 2.45) is 17.8 Å². The van der Waals surface area contributed by atoms with Crippen LogP contribution < -0.4 is 5.32 Å². The number of phenolic OH excluding ortho intramolecular Hbond substituents is 1. The molecule has 0 radical (unpaired) electrons. The molecule has 2 aromatic carbocycles. The molecule has 0 heterocycles. The van der Waals surface area contributed by atoms with Crippen LogP contribution in [0.5, 0.6) is 5.75 Å². The Kier molecular flexibility index (Phi) is 4.37. The lowest BCUT2D eigenvalue weighted by atomic mass is 9.48. The maximum atomic E-state index is 12.9. The third-order valence-electron chi connectivity index (χ3n) is 7.09. The van der Waals surface area contributed by atoms with E-state index in [2.05, 4.69) is 5.32 Å². The Labute approximate surface area is 175 Å². The van der Waals surface area contributed by atoms with Gasteiger partial charge in [-0.05, 0) is 91.5 Å². The molecule has 2 aromatic rings. The van der Waals surface area contributed by atoms with E-state index in [0.717, 1.165) is 17.8 Å². The third-order valence-corrected chi connectivity index (χ3v) is 7.72. The summed E-state index contributed by atoms with van der Waals surface area (Å²) in [5.74, 6) is 2.05. The largest absolute Gasteiger partial charge is 0.507 e. The fourth-order valence-electron chi connectivity index (χ4n) is 6.31. The molecule has 1 amide bonds. The summed E-state index contributed by atoms with van der Waals surface area (Å²) in [6.45, 7) is 0. The Morgan fingerprint density at radius 1 is 0.964 bits per heavy atom. The predicted molar refractivity (Wildman–Crippen MR) is 112 cm³/mol. The molecule has 2 N–H and O–H groups in total. The second-order valence-electron chi connectivity index (χ2n) is 8.98. The van der Waals surface area contributed by atoms with Crippen molar-refractivity contribution in [1.82, 2.24) is 0 Å². The monoisotopic (exact) mass is 415 g/mol. The van der Waals surface area contributed by atoms with Gasteiger partial charge in [-0.15, -0.1) is 0 Å².